The van der Waals surface area contributed by atoms with E-state index >= 15 is 0 Å². The van der Waals surface area contributed by atoms with Crippen LogP contribution in [0.3, 0.4) is 0 Å². The van der Waals surface area contributed by atoms with E-state index in [1.165, 1.54) is 13.1 Å². The van der Waals surface area contributed by atoms with Crippen LogP contribution in [-0.2, 0) is 19.1 Å². The van der Waals surface area contributed by atoms with E-state index in [-0.39, 0.29) is 12.5 Å². The SMILES string of the molecule is CC(=O)OC(C(=O)OCC(C)C)c1ccccn1. The molecule has 0 aromatic carbocycles. The third kappa shape index (κ3) is 4.53. The average molecular weight is 251 g/mol. The third-order valence-electron chi connectivity index (χ3n) is 2.01. The molecule has 0 bridgehead atoms. The molecule has 1 aromatic rings. The zero-order valence-corrected chi connectivity index (χ0v) is 10.8. The molecule has 0 amide bonds. The Kier molecular flexibility index (Phi) is 5.30. The summed E-state index contributed by atoms with van der Waals surface area (Å²) in [6.07, 6.45) is 0.434. The summed E-state index contributed by atoms with van der Waals surface area (Å²) in [6, 6.07) is 5.05. The summed E-state index contributed by atoms with van der Waals surface area (Å²) >= 11 is 0. The summed E-state index contributed by atoms with van der Waals surface area (Å²) < 4.78 is 10.0. The van der Waals surface area contributed by atoms with Crippen molar-refractivity contribution in [3.05, 3.63) is 30.1 Å². The molecule has 0 aliphatic carbocycles. The lowest BCUT2D eigenvalue weighted by molar-refractivity contribution is -0.168. The molecule has 5 nitrogen and oxygen atoms in total. The van der Waals surface area contributed by atoms with E-state index in [9.17, 15) is 9.59 Å². The van der Waals surface area contributed by atoms with Crippen LogP contribution in [0.5, 0.6) is 0 Å². The van der Waals surface area contributed by atoms with Crippen LogP contribution in [0.2, 0.25) is 0 Å². The van der Waals surface area contributed by atoms with Crippen molar-refractivity contribution in [2.45, 2.75) is 26.9 Å². The zero-order chi connectivity index (χ0) is 13.5. The van der Waals surface area contributed by atoms with E-state index in [1.807, 2.05) is 13.8 Å². The Morgan fingerprint density at radius 2 is 2.06 bits per heavy atom. The highest BCUT2D eigenvalue weighted by Crippen LogP contribution is 2.17. The maximum Gasteiger partial charge on any atom is 0.353 e. The molecule has 1 aromatic heterocycles. The van der Waals surface area contributed by atoms with E-state index in [1.54, 1.807) is 18.2 Å². The molecule has 0 radical (unpaired) electrons. The van der Waals surface area contributed by atoms with Crippen molar-refractivity contribution in [3.63, 3.8) is 0 Å². The average Bonchev–Trinajstić information content (AvgIpc) is 2.34. The van der Waals surface area contributed by atoms with Crippen LogP contribution < -0.4 is 0 Å². The van der Waals surface area contributed by atoms with Crippen molar-refractivity contribution < 1.29 is 19.1 Å². The van der Waals surface area contributed by atoms with Gasteiger partial charge in [0.1, 0.15) is 0 Å². The van der Waals surface area contributed by atoms with Gasteiger partial charge in [-0.25, -0.2) is 4.79 Å². The van der Waals surface area contributed by atoms with Gasteiger partial charge in [-0.05, 0) is 18.1 Å². The van der Waals surface area contributed by atoms with Gasteiger partial charge in [0.2, 0.25) is 6.10 Å². The van der Waals surface area contributed by atoms with Crippen LogP contribution in [0.25, 0.3) is 0 Å². The van der Waals surface area contributed by atoms with E-state index in [0.29, 0.717) is 5.69 Å². The molecular weight excluding hydrogens is 234 g/mol. The summed E-state index contributed by atoms with van der Waals surface area (Å²) in [5.74, 6) is -0.930. The minimum atomic E-state index is -1.09. The number of aromatic nitrogens is 1. The maximum absolute atomic E-state index is 11.8. The van der Waals surface area contributed by atoms with Crippen molar-refractivity contribution in [3.8, 4) is 0 Å². The molecule has 0 aliphatic rings. The minimum Gasteiger partial charge on any atom is -0.462 e. The van der Waals surface area contributed by atoms with Crippen molar-refractivity contribution in [2.24, 2.45) is 5.92 Å². The minimum absolute atomic E-state index is 0.218. The van der Waals surface area contributed by atoms with Crippen LogP contribution in [0.4, 0.5) is 0 Å². The molecule has 1 atom stereocenters. The molecule has 1 rings (SSSR count). The van der Waals surface area contributed by atoms with E-state index in [0.717, 1.165) is 0 Å². The number of rotatable bonds is 5. The first-order valence-electron chi connectivity index (χ1n) is 5.75. The second kappa shape index (κ2) is 6.74. The van der Waals surface area contributed by atoms with Gasteiger partial charge in [-0.1, -0.05) is 19.9 Å². The van der Waals surface area contributed by atoms with Gasteiger partial charge in [-0.3, -0.25) is 9.78 Å². The number of ether oxygens (including phenoxy) is 2. The lowest BCUT2D eigenvalue weighted by Gasteiger charge is -2.16. The Hall–Kier alpha value is -1.91. The molecule has 0 fully saturated rings. The topological polar surface area (TPSA) is 65.5 Å². The summed E-state index contributed by atoms with van der Waals surface area (Å²) in [5, 5.41) is 0. The van der Waals surface area contributed by atoms with Crippen LogP contribution in [0, 0.1) is 5.92 Å². The third-order valence-corrected chi connectivity index (χ3v) is 2.01. The first-order chi connectivity index (χ1) is 8.50. The molecule has 0 aliphatic heterocycles. The Labute approximate surface area is 106 Å². The molecule has 1 unspecified atom stereocenters. The predicted octanol–water partition coefficient (Wildman–Crippen LogP) is 1.89. The van der Waals surface area contributed by atoms with Gasteiger partial charge < -0.3 is 9.47 Å². The molecule has 0 spiro atoms. The van der Waals surface area contributed by atoms with E-state index < -0.39 is 18.0 Å². The number of nitrogens with zero attached hydrogens (tertiary/aromatic N) is 1. The Morgan fingerprint density at radius 1 is 1.33 bits per heavy atom. The Morgan fingerprint density at radius 3 is 2.56 bits per heavy atom. The summed E-state index contributed by atoms with van der Waals surface area (Å²) in [4.78, 5) is 26.9. The quantitative estimate of drug-likeness (QED) is 0.747. The smallest absolute Gasteiger partial charge is 0.353 e. The van der Waals surface area contributed by atoms with Crippen LogP contribution in [0.1, 0.15) is 32.6 Å². The first-order valence-corrected chi connectivity index (χ1v) is 5.75. The largest absolute Gasteiger partial charge is 0.462 e. The van der Waals surface area contributed by atoms with Gasteiger partial charge in [0.05, 0.1) is 12.3 Å². The lowest BCUT2D eigenvalue weighted by Crippen LogP contribution is -2.23. The standard InChI is InChI=1S/C13H17NO4/c1-9(2)8-17-13(16)12(18-10(3)15)11-6-4-5-7-14-11/h4-7,9,12H,8H2,1-3H3. The summed E-state index contributed by atoms with van der Waals surface area (Å²) in [5.41, 5.74) is 0.362. The van der Waals surface area contributed by atoms with Gasteiger partial charge >= 0.3 is 11.9 Å². The number of carbonyl (C=O) groups is 2. The molecule has 5 heteroatoms. The predicted molar refractivity (Wildman–Crippen MR) is 64.5 cm³/mol. The first kappa shape index (κ1) is 14.2. The number of hydrogen-bond acceptors (Lipinski definition) is 5. The molecule has 1 heterocycles. The number of carbonyl (C=O) groups excluding carboxylic acids is 2. The van der Waals surface area contributed by atoms with Gasteiger partial charge in [0.25, 0.3) is 0 Å². The van der Waals surface area contributed by atoms with Gasteiger partial charge in [0.15, 0.2) is 0 Å². The van der Waals surface area contributed by atoms with E-state index in [2.05, 4.69) is 4.98 Å². The van der Waals surface area contributed by atoms with Crippen LogP contribution >= 0.6 is 0 Å². The highest BCUT2D eigenvalue weighted by Gasteiger charge is 2.26. The fraction of sp³-hybridized carbons (Fsp3) is 0.462. The molecule has 98 valence electrons. The molecule has 0 N–H and O–H groups in total. The van der Waals surface area contributed by atoms with Gasteiger partial charge in [-0.2, -0.15) is 0 Å². The molecular formula is C13H17NO4. The van der Waals surface area contributed by atoms with E-state index in [4.69, 9.17) is 9.47 Å². The number of hydrogen-bond donors (Lipinski definition) is 0. The van der Waals surface area contributed by atoms with Crippen molar-refractivity contribution in [2.75, 3.05) is 6.61 Å². The number of esters is 2. The summed E-state index contributed by atoms with van der Waals surface area (Å²) in [6.45, 7) is 5.37. The van der Waals surface area contributed by atoms with Gasteiger partial charge in [0, 0.05) is 13.1 Å². The van der Waals surface area contributed by atoms with Crippen molar-refractivity contribution >= 4 is 11.9 Å². The van der Waals surface area contributed by atoms with Crippen LogP contribution in [-0.4, -0.2) is 23.5 Å². The molecule has 18 heavy (non-hydrogen) atoms. The summed E-state index contributed by atoms with van der Waals surface area (Å²) in [7, 11) is 0. The second-order valence-electron chi connectivity index (χ2n) is 4.27. The highest BCUT2D eigenvalue weighted by atomic mass is 16.6. The molecule has 0 saturated carbocycles. The monoisotopic (exact) mass is 251 g/mol. The highest BCUT2D eigenvalue weighted by molar-refractivity contribution is 5.79. The number of pyridine rings is 1. The lowest BCUT2D eigenvalue weighted by atomic mass is 10.2. The van der Waals surface area contributed by atoms with Gasteiger partial charge in [-0.15, -0.1) is 0 Å². The van der Waals surface area contributed by atoms with Crippen molar-refractivity contribution in [1.82, 2.24) is 4.98 Å². The Balaban J connectivity index is 2.78. The second-order valence-corrected chi connectivity index (χ2v) is 4.27. The van der Waals surface area contributed by atoms with Crippen LogP contribution in [0.15, 0.2) is 24.4 Å². The zero-order valence-electron chi connectivity index (χ0n) is 10.8. The molecule has 0 saturated heterocycles. The maximum atomic E-state index is 11.8. The Bertz CT molecular complexity index is 403. The van der Waals surface area contributed by atoms with Crippen molar-refractivity contribution in [1.29, 1.82) is 0 Å². The fourth-order valence-corrected chi connectivity index (χ4v) is 1.25. The normalized spacial score (nSPS) is 12.0. The fourth-order valence-electron chi connectivity index (χ4n) is 1.25.